The van der Waals surface area contributed by atoms with Crippen LogP contribution in [0.25, 0.3) is 0 Å². The molecule has 0 radical (unpaired) electrons. The van der Waals surface area contributed by atoms with Gasteiger partial charge in [-0.1, -0.05) is 0 Å². The van der Waals surface area contributed by atoms with Crippen LogP contribution in [0, 0.1) is 0 Å². The molecule has 1 aliphatic rings. The number of carbonyl (C=O) groups is 2. The monoisotopic (exact) mass is 347 g/mol. The van der Waals surface area contributed by atoms with Crippen molar-refractivity contribution >= 4 is 34.5 Å². The van der Waals surface area contributed by atoms with E-state index in [0.717, 1.165) is 11.3 Å². The van der Waals surface area contributed by atoms with Gasteiger partial charge in [-0.05, 0) is 17.7 Å². The number of carbonyl (C=O) groups excluding carboxylic acids is 2. The molecule has 2 N–H and O–H groups in total. The largest absolute Gasteiger partial charge is 0.495 e. The molecule has 0 bridgehead atoms. The maximum absolute atomic E-state index is 12.0. The zero-order chi connectivity index (χ0) is 17.1. The number of hydrogen-bond acceptors (Lipinski definition) is 6. The lowest BCUT2D eigenvalue weighted by atomic mass is 9.88. The number of fused-ring (bicyclic) bond motifs is 1. The van der Waals surface area contributed by atoms with Crippen molar-refractivity contribution in [2.75, 3.05) is 31.5 Å². The van der Waals surface area contributed by atoms with Crippen LogP contribution in [0.4, 0.5) is 11.4 Å². The minimum absolute atomic E-state index is 0.0615. The van der Waals surface area contributed by atoms with Crippen molar-refractivity contribution in [3.63, 3.8) is 0 Å². The van der Waals surface area contributed by atoms with E-state index in [-0.39, 0.29) is 24.3 Å². The van der Waals surface area contributed by atoms with Crippen molar-refractivity contribution in [1.29, 1.82) is 0 Å². The first-order chi connectivity index (χ1) is 11.6. The van der Waals surface area contributed by atoms with Gasteiger partial charge in [-0.25, -0.2) is 4.98 Å². The number of rotatable bonds is 5. The number of benzene rings is 1. The first-order valence-corrected chi connectivity index (χ1v) is 8.25. The molecule has 2 heterocycles. The molecule has 1 atom stereocenters. The third-order valence-corrected chi connectivity index (χ3v) is 4.37. The number of nitrogens with one attached hydrogen (secondary N) is 2. The molecule has 1 unspecified atom stereocenters. The Kier molecular flexibility index (Phi) is 4.77. The van der Waals surface area contributed by atoms with Gasteiger partial charge in [-0.2, -0.15) is 0 Å². The minimum Gasteiger partial charge on any atom is -0.495 e. The van der Waals surface area contributed by atoms with E-state index in [1.165, 1.54) is 25.6 Å². The van der Waals surface area contributed by atoms with Crippen LogP contribution in [0.1, 0.15) is 23.6 Å². The number of amides is 2. The van der Waals surface area contributed by atoms with Crippen molar-refractivity contribution in [2.24, 2.45) is 0 Å². The molecule has 1 aromatic heterocycles. The molecule has 8 heteroatoms. The van der Waals surface area contributed by atoms with Crippen LogP contribution in [0.2, 0.25) is 0 Å². The van der Waals surface area contributed by atoms with Crippen molar-refractivity contribution in [2.45, 2.75) is 12.3 Å². The van der Waals surface area contributed by atoms with Crippen LogP contribution in [0.3, 0.4) is 0 Å². The van der Waals surface area contributed by atoms with E-state index in [2.05, 4.69) is 15.6 Å². The second-order valence-corrected chi connectivity index (χ2v) is 6.06. The highest BCUT2D eigenvalue weighted by Gasteiger charge is 2.29. The third kappa shape index (κ3) is 3.24. The molecule has 3 rings (SSSR count). The highest BCUT2D eigenvalue weighted by molar-refractivity contribution is 7.07. The zero-order valence-electron chi connectivity index (χ0n) is 13.3. The number of aromatic nitrogens is 1. The fraction of sp³-hybridized carbons (Fsp3) is 0.312. The number of anilines is 2. The lowest BCUT2D eigenvalue weighted by Gasteiger charge is -2.26. The maximum atomic E-state index is 12.0. The minimum atomic E-state index is -0.297. The summed E-state index contributed by atoms with van der Waals surface area (Å²) in [6, 6.07) is 3.54. The smallest absolute Gasteiger partial charge is 0.250 e. The molecule has 0 spiro atoms. The van der Waals surface area contributed by atoms with Gasteiger partial charge in [0.1, 0.15) is 12.4 Å². The number of nitrogens with zero attached hydrogens (tertiary/aromatic N) is 1. The van der Waals surface area contributed by atoms with E-state index in [9.17, 15) is 9.59 Å². The van der Waals surface area contributed by atoms with Gasteiger partial charge in [0, 0.05) is 30.5 Å². The molecule has 0 saturated heterocycles. The van der Waals surface area contributed by atoms with Crippen LogP contribution in [0.5, 0.6) is 5.75 Å². The predicted molar refractivity (Wildman–Crippen MR) is 90.7 cm³/mol. The fourth-order valence-electron chi connectivity index (χ4n) is 2.73. The molecule has 24 heavy (non-hydrogen) atoms. The Hall–Kier alpha value is -2.45. The summed E-state index contributed by atoms with van der Waals surface area (Å²) in [6.45, 7) is -0.0615. The average molecular weight is 347 g/mol. The average Bonchev–Trinajstić information content (AvgIpc) is 3.08. The molecule has 0 aliphatic carbocycles. The summed E-state index contributed by atoms with van der Waals surface area (Å²) in [5, 5.41) is 7.51. The van der Waals surface area contributed by atoms with Crippen LogP contribution < -0.4 is 15.4 Å². The first-order valence-electron chi connectivity index (χ1n) is 7.31. The van der Waals surface area contributed by atoms with Crippen molar-refractivity contribution in [3.05, 3.63) is 34.3 Å². The molecule has 0 fully saturated rings. The Balaban J connectivity index is 2.01. The number of methoxy groups -OCH3 is 2. The van der Waals surface area contributed by atoms with E-state index < -0.39 is 0 Å². The predicted octanol–water partition coefficient (Wildman–Crippen LogP) is 2.21. The molecule has 0 saturated carbocycles. The standard InChI is InChI=1S/C16H17N3O4S/c1-22-6-16(21)19-12-5-11-9(3-14(12)23-2)10(4-15(20)18-11)13-7-24-8-17-13/h3,5,7-8,10H,4,6H2,1-2H3,(H,18,20)(H,19,21). The fourth-order valence-corrected chi connectivity index (χ4v) is 3.34. The van der Waals surface area contributed by atoms with Gasteiger partial charge in [-0.15, -0.1) is 11.3 Å². The van der Waals surface area contributed by atoms with E-state index in [0.29, 0.717) is 23.5 Å². The second kappa shape index (κ2) is 6.98. The zero-order valence-corrected chi connectivity index (χ0v) is 14.1. The van der Waals surface area contributed by atoms with Crippen LogP contribution in [0.15, 0.2) is 23.0 Å². The van der Waals surface area contributed by atoms with Crippen molar-refractivity contribution in [1.82, 2.24) is 4.98 Å². The highest BCUT2D eigenvalue weighted by atomic mass is 32.1. The Morgan fingerprint density at radius 2 is 2.29 bits per heavy atom. The van der Waals surface area contributed by atoms with Gasteiger partial charge < -0.3 is 20.1 Å². The summed E-state index contributed by atoms with van der Waals surface area (Å²) < 4.78 is 10.2. The molecular formula is C16H17N3O4S. The third-order valence-electron chi connectivity index (χ3n) is 3.77. The van der Waals surface area contributed by atoms with Crippen molar-refractivity contribution in [3.8, 4) is 5.75 Å². The number of hydrogen-bond donors (Lipinski definition) is 2. The van der Waals surface area contributed by atoms with Gasteiger partial charge in [0.25, 0.3) is 0 Å². The summed E-state index contributed by atoms with van der Waals surface area (Å²) in [7, 11) is 2.98. The van der Waals surface area contributed by atoms with Gasteiger partial charge in [0.05, 0.1) is 24.0 Å². The van der Waals surface area contributed by atoms with E-state index in [1.807, 2.05) is 11.4 Å². The van der Waals surface area contributed by atoms with E-state index >= 15 is 0 Å². The molecule has 1 aromatic carbocycles. The Labute approximate surface area is 143 Å². The highest BCUT2D eigenvalue weighted by Crippen LogP contribution is 2.42. The van der Waals surface area contributed by atoms with Crippen molar-refractivity contribution < 1.29 is 19.1 Å². The first kappa shape index (κ1) is 16.4. The van der Waals surface area contributed by atoms with Crippen LogP contribution in [-0.4, -0.2) is 37.6 Å². The summed E-state index contributed by atoms with van der Waals surface area (Å²) in [5.74, 6) is 0.0148. The Morgan fingerprint density at radius 1 is 1.46 bits per heavy atom. The quantitative estimate of drug-likeness (QED) is 0.865. The van der Waals surface area contributed by atoms with Gasteiger partial charge in [-0.3, -0.25) is 9.59 Å². The molecule has 1 aliphatic heterocycles. The molecule has 7 nitrogen and oxygen atoms in total. The van der Waals surface area contributed by atoms with Gasteiger partial charge in [0.15, 0.2) is 0 Å². The lowest BCUT2D eigenvalue weighted by molar-refractivity contribution is -0.119. The normalized spacial score (nSPS) is 16.2. The summed E-state index contributed by atoms with van der Waals surface area (Å²) in [6.07, 6.45) is 0.329. The summed E-state index contributed by atoms with van der Waals surface area (Å²) in [4.78, 5) is 28.2. The van der Waals surface area contributed by atoms with E-state index in [1.54, 1.807) is 11.6 Å². The number of thiazole rings is 1. The molecule has 126 valence electrons. The van der Waals surface area contributed by atoms with Gasteiger partial charge >= 0.3 is 0 Å². The molecule has 2 aromatic rings. The maximum Gasteiger partial charge on any atom is 0.250 e. The Morgan fingerprint density at radius 3 is 2.96 bits per heavy atom. The second-order valence-electron chi connectivity index (χ2n) is 5.34. The lowest BCUT2D eigenvalue weighted by Crippen LogP contribution is -2.24. The molecular weight excluding hydrogens is 330 g/mol. The summed E-state index contributed by atoms with van der Waals surface area (Å²) in [5.41, 5.74) is 4.66. The van der Waals surface area contributed by atoms with E-state index in [4.69, 9.17) is 9.47 Å². The summed E-state index contributed by atoms with van der Waals surface area (Å²) >= 11 is 1.49. The van der Waals surface area contributed by atoms with Crippen LogP contribution >= 0.6 is 11.3 Å². The topological polar surface area (TPSA) is 89.6 Å². The molecule has 2 amide bonds. The van der Waals surface area contributed by atoms with Crippen LogP contribution in [-0.2, 0) is 14.3 Å². The van der Waals surface area contributed by atoms with Gasteiger partial charge in [0.2, 0.25) is 11.8 Å². The Bertz CT molecular complexity index is 761. The SMILES string of the molecule is COCC(=O)Nc1cc2c(cc1OC)C(c1cscn1)CC(=O)N2. The number of ether oxygens (including phenoxy) is 2.